The number of hydrogen-bond acceptors (Lipinski definition) is 1. The molecule has 0 aliphatic carbocycles. The van der Waals surface area contributed by atoms with Gasteiger partial charge in [-0.2, -0.15) is 4.39 Å². The van der Waals surface area contributed by atoms with Crippen LogP contribution in [-0.4, -0.2) is 12.0 Å². The van der Waals surface area contributed by atoms with E-state index in [9.17, 15) is 17.3 Å². The number of pyridine rings is 1. The quantitative estimate of drug-likeness (QED) is 0.320. The summed E-state index contributed by atoms with van der Waals surface area (Å²) >= 11 is 0. The van der Waals surface area contributed by atoms with Gasteiger partial charge in [-0.05, 0) is 13.0 Å². The predicted molar refractivity (Wildman–Crippen MR) is 37.6 cm³/mol. The van der Waals surface area contributed by atoms with Gasteiger partial charge in [0.25, 0.3) is 0 Å². The maximum absolute atomic E-state index is 12.4. The smallest absolute Gasteiger partial charge is 0.445 e. The van der Waals surface area contributed by atoms with Gasteiger partial charge in [0.05, 0.1) is 0 Å². The van der Waals surface area contributed by atoms with Gasteiger partial charge in [-0.25, -0.2) is 4.98 Å². The summed E-state index contributed by atoms with van der Waals surface area (Å²) in [5.41, 5.74) is -0.913. The number of rotatable bonds is 1. The van der Waals surface area contributed by atoms with Crippen LogP contribution in [0.1, 0.15) is 5.69 Å². The molecule has 0 amide bonds. The average molecular weight is 217 g/mol. The van der Waals surface area contributed by atoms with Gasteiger partial charge in [0.15, 0.2) is 0 Å². The fraction of sp³-hybridized carbons (Fsp3) is 0.167. The van der Waals surface area contributed by atoms with Crippen molar-refractivity contribution >= 4 is 12.4 Å². The minimum atomic E-state index is -5.12. The van der Waals surface area contributed by atoms with Crippen molar-refractivity contribution in [2.45, 2.75) is 6.92 Å². The summed E-state index contributed by atoms with van der Waals surface area (Å²) in [4.78, 5) is 3.19. The molecule has 0 fully saturated rings. The van der Waals surface area contributed by atoms with Gasteiger partial charge in [-0.1, -0.05) is 6.07 Å². The van der Waals surface area contributed by atoms with Gasteiger partial charge in [-0.3, -0.25) is 0 Å². The summed E-state index contributed by atoms with van der Waals surface area (Å²) in [5, 5.41) is 0. The number of nitrogens with zero attached hydrogens (tertiary/aromatic N) is 1. The summed E-state index contributed by atoms with van der Waals surface area (Å²) in [6, 6.07) is 1.22. The third kappa shape index (κ3) is 4.07. The Morgan fingerprint density at radius 2 is 1.77 bits per heavy atom. The monoisotopic (exact) mass is 217 g/mol. The first kappa shape index (κ1) is 13.6. The Bertz CT molecular complexity index is 281. The topological polar surface area (TPSA) is 12.9 Å². The van der Waals surface area contributed by atoms with E-state index in [1.807, 2.05) is 0 Å². The fourth-order valence-electron chi connectivity index (χ4n) is 0.842. The van der Waals surface area contributed by atoms with Crippen LogP contribution in [0.3, 0.4) is 0 Å². The summed E-state index contributed by atoms with van der Waals surface area (Å²) in [6.07, 6.45) is 0. The Balaban J connectivity index is 0.00000144. The molecule has 13 heavy (non-hydrogen) atoms. The third-order valence-electron chi connectivity index (χ3n) is 1.32. The molecule has 0 N–H and O–H groups in total. The molecule has 1 rings (SSSR count). The van der Waals surface area contributed by atoms with E-state index in [-0.39, 0.29) is 57.1 Å². The Morgan fingerprint density at radius 1 is 1.23 bits per heavy atom. The van der Waals surface area contributed by atoms with Gasteiger partial charge in [0.2, 0.25) is 5.95 Å². The van der Waals surface area contributed by atoms with Crippen molar-refractivity contribution in [3.8, 4) is 0 Å². The maximum Gasteiger partial charge on any atom is 1.00 e. The molecule has 0 atom stereocenters. The minimum absolute atomic E-state index is 0. The molecule has 0 aliphatic rings. The largest absolute Gasteiger partial charge is 1.00 e. The van der Waals surface area contributed by atoms with E-state index in [2.05, 4.69) is 4.98 Å². The molecular formula is C6H5BF4KN. The zero-order valence-corrected chi connectivity index (χ0v) is 10.3. The van der Waals surface area contributed by atoms with Crippen molar-refractivity contribution in [2.75, 3.05) is 0 Å². The predicted octanol–water partition coefficient (Wildman–Crippen LogP) is -1.41. The normalized spacial score (nSPS) is 10.8. The first-order valence-electron chi connectivity index (χ1n) is 3.23. The zero-order valence-electron chi connectivity index (χ0n) is 7.19. The van der Waals surface area contributed by atoms with E-state index in [0.717, 1.165) is 6.07 Å². The standard InChI is InChI=1S/C6H5BF4N.K/c1-4-2-5(7(9,10)11)3-6(8)12-4;/h2-3H,1H3;/q-1;+1. The maximum atomic E-state index is 12.4. The molecule has 1 aromatic heterocycles. The van der Waals surface area contributed by atoms with Gasteiger partial charge in [0.1, 0.15) is 0 Å². The van der Waals surface area contributed by atoms with Crippen LogP contribution in [0.5, 0.6) is 0 Å². The Labute approximate surface area is 115 Å². The van der Waals surface area contributed by atoms with Gasteiger partial charge >= 0.3 is 58.4 Å². The molecule has 66 valence electrons. The van der Waals surface area contributed by atoms with Gasteiger partial charge in [-0.15, -0.1) is 5.46 Å². The van der Waals surface area contributed by atoms with Crippen LogP contribution >= 0.6 is 0 Å². The van der Waals surface area contributed by atoms with E-state index in [1.54, 1.807) is 0 Å². The van der Waals surface area contributed by atoms with Crippen LogP contribution in [0, 0.1) is 12.9 Å². The first-order valence-corrected chi connectivity index (χ1v) is 3.23. The molecule has 0 saturated heterocycles. The average Bonchev–Trinajstić information content (AvgIpc) is 1.82. The van der Waals surface area contributed by atoms with Crippen molar-refractivity contribution in [1.82, 2.24) is 4.98 Å². The van der Waals surface area contributed by atoms with Crippen LogP contribution in [0.2, 0.25) is 0 Å². The number of halogens is 4. The van der Waals surface area contributed by atoms with E-state index in [1.165, 1.54) is 6.92 Å². The van der Waals surface area contributed by atoms with Crippen molar-refractivity contribution in [3.05, 3.63) is 23.8 Å². The SMILES string of the molecule is Cc1cc([B-](F)(F)F)cc(F)n1.[K+]. The van der Waals surface area contributed by atoms with Crippen LogP contribution < -0.4 is 56.8 Å². The van der Waals surface area contributed by atoms with Crippen molar-refractivity contribution < 1.29 is 68.7 Å². The second kappa shape index (κ2) is 4.88. The zero-order chi connectivity index (χ0) is 9.35. The fourth-order valence-corrected chi connectivity index (χ4v) is 0.842. The molecular weight excluding hydrogens is 212 g/mol. The molecule has 7 heteroatoms. The minimum Gasteiger partial charge on any atom is -0.445 e. The van der Waals surface area contributed by atoms with E-state index < -0.39 is 18.4 Å². The molecule has 0 bridgehead atoms. The van der Waals surface area contributed by atoms with Gasteiger partial charge in [0, 0.05) is 5.69 Å². The number of aryl methyl sites for hydroxylation is 1. The van der Waals surface area contributed by atoms with E-state index >= 15 is 0 Å². The Kier molecular flexibility index (Phi) is 5.09. The van der Waals surface area contributed by atoms with Crippen LogP contribution in [-0.2, 0) is 0 Å². The van der Waals surface area contributed by atoms with Gasteiger partial charge < -0.3 is 12.9 Å². The second-order valence-corrected chi connectivity index (χ2v) is 2.44. The van der Waals surface area contributed by atoms with Crippen LogP contribution in [0.4, 0.5) is 17.3 Å². The third-order valence-corrected chi connectivity index (χ3v) is 1.32. The molecule has 1 aromatic rings. The summed E-state index contributed by atoms with van der Waals surface area (Å²) in [6.45, 7) is -3.81. The molecule has 0 aliphatic heterocycles. The summed E-state index contributed by atoms with van der Waals surface area (Å²) in [5.74, 6) is -1.09. The number of hydrogen-bond donors (Lipinski definition) is 0. The molecule has 0 aromatic carbocycles. The van der Waals surface area contributed by atoms with Crippen molar-refractivity contribution in [1.29, 1.82) is 0 Å². The van der Waals surface area contributed by atoms with Crippen LogP contribution in [0.25, 0.3) is 0 Å². The number of aromatic nitrogens is 1. The van der Waals surface area contributed by atoms with E-state index in [0.29, 0.717) is 6.07 Å². The molecule has 0 radical (unpaired) electrons. The summed E-state index contributed by atoms with van der Waals surface area (Å²) < 4.78 is 48.4. The Hall–Kier alpha value is 0.571. The van der Waals surface area contributed by atoms with Crippen molar-refractivity contribution in [2.24, 2.45) is 0 Å². The van der Waals surface area contributed by atoms with E-state index in [4.69, 9.17) is 0 Å². The molecule has 1 heterocycles. The Morgan fingerprint density at radius 3 is 2.15 bits per heavy atom. The molecule has 0 spiro atoms. The second-order valence-electron chi connectivity index (χ2n) is 2.44. The first-order chi connectivity index (χ1) is 5.39. The van der Waals surface area contributed by atoms with Crippen LogP contribution in [0.15, 0.2) is 12.1 Å². The summed E-state index contributed by atoms with van der Waals surface area (Å²) in [7, 11) is 0. The molecule has 0 saturated carbocycles. The molecule has 0 unspecified atom stereocenters. The molecule has 1 nitrogen and oxygen atoms in total. The van der Waals surface area contributed by atoms with Crippen molar-refractivity contribution in [3.63, 3.8) is 0 Å².